The van der Waals surface area contributed by atoms with E-state index in [1.54, 1.807) is 55.5 Å². The first-order valence-corrected chi connectivity index (χ1v) is 10.1. The molecule has 2 amide bonds. The van der Waals surface area contributed by atoms with Crippen LogP contribution in [0.1, 0.15) is 16.1 Å². The molecule has 0 aliphatic rings. The third-order valence-electron chi connectivity index (χ3n) is 3.87. The number of hydrogen-bond donors (Lipinski definition) is 2. The predicted molar refractivity (Wildman–Crippen MR) is 118 cm³/mol. The Morgan fingerprint density at radius 2 is 1.55 bits per heavy atom. The van der Waals surface area contributed by atoms with Gasteiger partial charge >= 0.3 is 0 Å². The largest absolute Gasteiger partial charge is 0.324 e. The van der Waals surface area contributed by atoms with Crippen LogP contribution in [0.25, 0.3) is 0 Å². The molecule has 29 heavy (non-hydrogen) atoms. The summed E-state index contributed by atoms with van der Waals surface area (Å²) in [6, 6.07) is 15.3. The minimum absolute atomic E-state index is 0.0573. The first-order chi connectivity index (χ1) is 13.8. The number of rotatable bonds is 5. The lowest BCUT2D eigenvalue weighted by molar-refractivity contribution is -0.117. The topological polar surface area (TPSA) is 93.1 Å². The molecule has 2 N–H and O–H groups in total. The average Bonchev–Trinajstić information content (AvgIpc) is 2.67. The van der Waals surface area contributed by atoms with E-state index < -0.39 is 17.4 Å². The van der Waals surface area contributed by atoms with Crippen LogP contribution in [0.3, 0.4) is 0 Å². The zero-order valence-electron chi connectivity index (χ0n) is 15.3. The Hall–Kier alpha value is -2.78. The molecule has 0 saturated heterocycles. The van der Waals surface area contributed by atoms with Gasteiger partial charge in [-0.3, -0.25) is 14.4 Å². The lowest BCUT2D eigenvalue weighted by Gasteiger charge is -2.11. The van der Waals surface area contributed by atoms with Crippen LogP contribution in [0, 0.1) is 6.92 Å². The number of anilines is 2. The molecule has 7 nitrogen and oxygen atoms in total. The third kappa shape index (κ3) is 5.61. The number of carbonyl (C=O) groups excluding carboxylic acids is 2. The number of nitrogens with zero attached hydrogens (tertiary/aromatic N) is 2. The molecule has 3 aromatic rings. The maximum atomic E-state index is 12.7. The van der Waals surface area contributed by atoms with E-state index in [2.05, 4.69) is 47.6 Å². The number of nitrogens with one attached hydrogen (secondary N) is 2. The van der Waals surface area contributed by atoms with Crippen LogP contribution >= 0.6 is 31.9 Å². The van der Waals surface area contributed by atoms with Crippen LogP contribution in [0.2, 0.25) is 0 Å². The zero-order valence-corrected chi connectivity index (χ0v) is 18.5. The number of aromatic nitrogens is 2. The Morgan fingerprint density at radius 3 is 2.17 bits per heavy atom. The number of benzene rings is 2. The summed E-state index contributed by atoms with van der Waals surface area (Å²) < 4.78 is 2.76. The number of aryl methyl sites for hydroxylation is 1. The van der Waals surface area contributed by atoms with E-state index >= 15 is 0 Å². The van der Waals surface area contributed by atoms with Gasteiger partial charge in [-0.1, -0.05) is 31.9 Å². The Labute approximate surface area is 183 Å². The predicted octanol–water partition coefficient (Wildman–Crippen LogP) is 3.97. The second-order valence-corrected chi connectivity index (χ2v) is 8.01. The van der Waals surface area contributed by atoms with Crippen molar-refractivity contribution in [3.8, 4) is 0 Å². The SMILES string of the molecule is Cc1cc(NC(=O)c2ccc(Br)cc2)c(=O)n(CC(=O)Nc2ccc(Br)cc2)n1. The molecule has 0 aliphatic heterocycles. The molecule has 0 saturated carbocycles. The Morgan fingerprint density at radius 1 is 0.966 bits per heavy atom. The summed E-state index contributed by atoms with van der Waals surface area (Å²) >= 11 is 6.63. The Bertz CT molecular complexity index is 1110. The fraction of sp³-hybridized carbons (Fsp3) is 0.100. The highest BCUT2D eigenvalue weighted by atomic mass is 79.9. The molecule has 0 aliphatic carbocycles. The van der Waals surface area contributed by atoms with Crippen molar-refractivity contribution in [2.45, 2.75) is 13.5 Å². The number of amides is 2. The maximum Gasteiger partial charge on any atom is 0.291 e. The highest BCUT2D eigenvalue weighted by molar-refractivity contribution is 9.10. The Kier molecular flexibility index (Phi) is 6.60. The summed E-state index contributed by atoms with van der Waals surface area (Å²) in [6.07, 6.45) is 0. The van der Waals surface area contributed by atoms with E-state index in [0.717, 1.165) is 13.6 Å². The lowest BCUT2D eigenvalue weighted by Crippen LogP contribution is -2.32. The van der Waals surface area contributed by atoms with Gasteiger partial charge in [0.2, 0.25) is 5.91 Å². The van der Waals surface area contributed by atoms with E-state index in [-0.39, 0.29) is 12.2 Å². The van der Waals surface area contributed by atoms with Gasteiger partial charge in [-0.25, -0.2) is 4.68 Å². The van der Waals surface area contributed by atoms with Crippen molar-refractivity contribution in [2.24, 2.45) is 0 Å². The fourth-order valence-corrected chi connectivity index (χ4v) is 3.07. The highest BCUT2D eigenvalue weighted by Gasteiger charge is 2.14. The van der Waals surface area contributed by atoms with Crippen LogP contribution in [-0.2, 0) is 11.3 Å². The van der Waals surface area contributed by atoms with Gasteiger partial charge in [0.1, 0.15) is 12.2 Å². The van der Waals surface area contributed by atoms with Crippen molar-refractivity contribution in [2.75, 3.05) is 10.6 Å². The Balaban J connectivity index is 1.76. The van der Waals surface area contributed by atoms with Crippen LogP contribution in [0.15, 0.2) is 68.3 Å². The molecule has 0 unspecified atom stereocenters. The van der Waals surface area contributed by atoms with Gasteiger partial charge < -0.3 is 10.6 Å². The molecule has 9 heteroatoms. The van der Waals surface area contributed by atoms with Crippen LogP contribution < -0.4 is 16.2 Å². The van der Waals surface area contributed by atoms with Gasteiger partial charge in [0.05, 0.1) is 5.69 Å². The van der Waals surface area contributed by atoms with E-state index in [0.29, 0.717) is 16.9 Å². The van der Waals surface area contributed by atoms with Crippen LogP contribution in [0.5, 0.6) is 0 Å². The summed E-state index contributed by atoms with van der Waals surface area (Å²) in [5.74, 6) is -0.830. The first kappa shape index (κ1) is 20.9. The summed E-state index contributed by atoms with van der Waals surface area (Å²) in [4.78, 5) is 37.4. The minimum Gasteiger partial charge on any atom is -0.324 e. The van der Waals surface area contributed by atoms with Gasteiger partial charge in [0.15, 0.2) is 0 Å². The summed E-state index contributed by atoms with van der Waals surface area (Å²) in [7, 11) is 0. The minimum atomic E-state index is -0.563. The molecule has 0 radical (unpaired) electrons. The smallest absolute Gasteiger partial charge is 0.291 e. The standard InChI is InChI=1S/C20H16Br2N4O3/c1-12-10-17(24-19(28)13-2-4-14(21)5-3-13)20(29)26(25-12)11-18(27)23-16-8-6-15(22)7-9-16/h2-10H,11H2,1H3,(H,23,27)(H,24,28). The first-order valence-electron chi connectivity index (χ1n) is 8.53. The third-order valence-corrected chi connectivity index (χ3v) is 4.93. The quantitative estimate of drug-likeness (QED) is 0.533. The van der Waals surface area contributed by atoms with E-state index in [1.165, 1.54) is 6.07 Å². The molecule has 0 bridgehead atoms. The molecule has 2 aromatic carbocycles. The lowest BCUT2D eigenvalue weighted by atomic mass is 10.2. The fourth-order valence-electron chi connectivity index (χ4n) is 2.54. The zero-order chi connectivity index (χ0) is 21.0. The number of halogens is 2. The van der Waals surface area contributed by atoms with Crippen molar-refractivity contribution in [3.63, 3.8) is 0 Å². The molecule has 1 heterocycles. The van der Waals surface area contributed by atoms with Crippen LogP contribution in [-0.4, -0.2) is 21.6 Å². The van der Waals surface area contributed by atoms with E-state index in [1.807, 2.05) is 0 Å². The van der Waals surface area contributed by atoms with Crippen LogP contribution in [0.4, 0.5) is 11.4 Å². The number of hydrogen-bond acceptors (Lipinski definition) is 4. The second-order valence-electron chi connectivity index (χ2n) is 6.18. The number of carbonyl (C=O) groups is 2. The van der Waals surface area contributed by atoms with Gasteiger partial charge in [0, 0.05) is 20.2 Å². The molecule has 0 spiro atoms. The molecule has 148 valence electrons. The average molecular weight is 520 g/mol. The molecule has 1 aromatic heterocycles. The van der Waals surface area contributed by atoms with Gasteiger partial charge in [-0.2, -0.15) is 5.10 Å². The van der Waals surface area contributed by atoms with Crippen molar-refractivity contribution < 1.29 is 9.59 Å². The maximum absolute atomic E-state index is 12.7. The van der Waals surface area contributed by atoms with Crippen molar-refractivity contribution in [1.29, 1.82) is 0 Å². The highest BCUT2D eigenvalue weighted by Crippen LogP contribution is 2.14. The normalized spacial score (nSPS) is 10.4. The van der Waals surface area contributed by atoms with Crippen molar-refractivity contribution >= 4 is 55.0 Å². The van der Waals surface area contributed by atoms with E-state index in [9.17, 15) is 14.4 Å². The monoisotopic (exact) mass is 518 g/mol. The molecular weight excluding hydrogens is 504 g/mol. The summed E-state index contributed by atoms with van der Waals surface area (Å²) in [6.45, 7) is 1.40. The second kappa shape index (κ2) is 9.15. The van der Waals surface area contributed by atoms with Crippen molar-refractivity contribution in [1.82, 2.24) is 9.78 Å². The van der Waals surface area contributed by atoms with Gasteiger partial charge in [-0.15, -0.1) is 0 Å². The van der Waals surface area contributed by atoms with E-state index in [4.69, 9.17) is 0 Å². The summed E-state index contributed by atoms with van der Waals surface area (Å²) in [5.41, 5.74) is 0.991. The van der Waals surface area contributed by atoms with Gasteiger partial charge in [-0.05, 0) is 61.5 Å². The van der Waals surface area contributed by atoms with Gasteiger partial charge in [0.25, 0.3) is 11.5 Å². The molecule has 0 atom stereocenters. The molecule has 0 fully saturated rings. The molecule has 3 rings (SSSR count). The molecular formula is C20H16Br2N4O3. The summed E-state index contributed by atoms with van der Waals surface area (Å²) in [5, 5.41) is 9.40. The van der Waals surface area contributed by atoms with Crippen molar-refractivity contribution in [3.05, 3.63) is 85.2 Å².